The second kappa shape index (κ2) is 6.13. The molecule has 0 atom stereocenters. The van der Waals surface area contributed by atoms with E-state index in [9.17, 15) is 4.79 Å². The Hall–Kier alpha value is -1.08. The molecule has 0 aliphatic heterocycles. The van der Waals surface area contributed by atoms with Gasteiger partial charge in [-0.2, -0.15) is 5.10 Å². The van der Waals surface area contributed by atoms with Crippen LogP contribution < -0.4 is 4.74 Å². The summed E-state index contributed by atoms with van der Waals surface area (Å²) in [7, 11) is 1.53. The van der Waals surface area contributed by atoms with Crippen molar-refractivity contribution in [2.45, 2.75) is 19.9 Å². The summed E-state index contributed by atoms with van der Waals surface area (Å²) >= 11 is 8.11. The highest BCUT2D eigenvalue weighted by molar-refractivity contribution is 14.1. The van der Waals surface area contributed by atoms with Crippen LogP contribution in [-0.4, -0.2) is 22.7 Å². The molecule has 2 aromatic rings. The summed E-state index contributed by atoms with van der Waals surface area (Å²) in [5.41, 5.74) is 1.00. The molecule has 0 aliphatic rings. The van der Waals surface area contributed by atoms with E-state index in [4.69, 9.17) is 16.3 Å². The molecule has 106 valence electrons. The number of ether oxygens (including phenoxy) is 1. The lowest BCUT2D eigenvalue weighted by Crippen LogP contribution is -2.15. The maximum Gasteiger partial charge on any atom is 0.215 e. The van der Waals surface area contributed by atoms with Gasteiger partial charge in [-0.25, -0.2) is 0 Å². The van der Waals surface area contributed by atoms with E-state index in [1.165, 1.54) is 7.11 Å². The summed E-state index contributed by atoms with van der Waals surface area (Å²) in [4.78, 5) is 12.8. The first kappa shape index (κ1) is 15.3. The average Bonchev–Trinajstić information content (AvgIpc) is 2.84. The molecular weight excluding hydrogens is 391 g/mol. The highest BCUT2D eigenvalue weighted by Gasteiger charge is 2.24. The highest BCUT2D eigenvalue weighted by atomic mass is 127. The van der Waals surface area contributed by atoms with E-state index in [2.05, 4.69) is 27.7 Å². The van der Waals surface area contributed by atoms with Crippen molar-refractivity contribution >= 4 is 40.0 Å². The second-order valence-electron chi connectivity index (χ2n) is 4.55. The molecule has 1 heterocycles. The lowest BCUT2D eigenvalue weighted by molar-refractivity contribution is 0.102. The summed E-state index contributed by atoms with van der Waals surface area (Å²) in [6, 6.07) is 5.31. The molecule has 0 radical (unpaired) electrons. The number of halogens is 2. The Bertz CT molecular complexity index is 653. The first-order valence-corrected chi connectivity index (χ1v) is 7.52. The van der Waals surface area contributed by atoms with Gasteiger partial charge in [0.15, 0.2) is 11.4 Å². The van der Waals surface area contributed by atoms with Gasteiger partial charge in [-0.05, 0) is 54.6 Å². The van der Waals surface area contributed by atoms with Gasteiger partial charge in [0, 0.05) is 20.2 Å². The van der Waals surface area contributed by atoms with Crippen molar-refractivity contribution in [3.8, 4) is 5.75 Å². The largest absolute Gasteiger partial charge is 0.493 e. The molecule has 0 aliphatic carbocycles. The van der Waals surface area contributed by atoms with Crippen molar-refractivity contribution in [2.24, 2.45) is 0 Å². The predicted molar refractivity (Wildman–Crippen MR) is 86.8 cm³/mol. The first-order chi connectivity index (χ1) is 9.45. The van der Waals surface area contributed by atoms with E-state index in [0.29, 0.717) is 22.0 Å². The van der Waals surface area contributed by atoms with Gasteiger partial charge in [-0.1, -0.05) is 11.6 Å². The van der Waals surface area contributed by atoms with Crippen LogP contribution in [0.4, 0.5) is 0 Å². The Kier molecular flexibility index (Phi) is 4.70. The zero-order valence-electron chi connectivity index (χ0n) is 11.4. The smallest absolute Gasteiger partial charge is 0.215 e. The third kappa shape index (κ3) is 2.83. The van der Waals surface area contributed by atoms with Gasteiger partial charge in [-0.15, -0.1) is 0 Å². The topological polar surface area (TPSA) is 44.1 Å². The van der Waals surface area contributed by atoms with Gasteiger partial charge < -0.3 is 4.74 Å². The van der Waals surface area contributed by atoms with Gasteiger partial charge >= 0.3 is 0 Å². The first-order valence-electron chi connectivity index (χ1n) is 6.07. The number of carbonyl (C=O) groups excluding carboxylic acids is 1. The molecule has 0 bridgehead atoms. The molecule has 0 spiro atoms. The summed E-state index contributed by atoms with van der Waals surface area (Å²) < 4.78 is 7.76. The minimum atomic E-state index is -0.139. The third-order valence-corrected chi connectivity index (χ3v) is 4.03. The lowest BCUT2D eigenvalue weighted by atomic mass is 10.1. The molecule has 6 heteroatoms. The minimum Gasteiger partial charge on any atom is -0.493 e. The average molecular weight is 405 g/mol. The van der Waals surface area contributed by atoms with Gasteiger partial charge in [0.1, 0.15) is 0 Å². The van der Waals surface area contributed by atoms with Crippen molar-refractivity contribution in [2.75, 3.05) is 7.11 Å². The van der Waals surface area contributed by atoms with E-state index < -0.39 is 0 Å². The van der Waals surface area contributed by atoms with E-state index in [1.807, 2.05) is 19.9 Å². The number of carbonyl (C=O) groups is 1. The lowest BCUT2D eigenvalue weighted by Gasteiger charge is -2.12. The predicted octanol–water partition coefficient (Wildman–Crippen LogP) is 3.96. The van der Waals surface area contributed by atoms with E-state index in [-0.39, 0.29) is 11.8 Å². The fourth-order valence-electron chi connectivity index (χ4n) is 1.90. The fraction of sp³-hybridized carbons (Fsp3) is 0.286. The number of hydrogen-bond acceptors (Lipinski definition) is 3. The number of methoxy groups -OCH3 is 1. The monoisotopic (exact) mass is 404 g/mol. The van der Waals surface area contributed by atoms with Crippen LogP contribution in [0.3, 0.4) is 0 Å². The molecule has 0 amide bonds. The van der Waals surface area contributed by atoms with E-state index in [0.717, 1.165) is 3.57 Å². The number of hydrogen-bond donors (Lipinski definition) is 0. The summed E-state index contributed by atoms with van der Waals surface area (Å²) in [6.45, 7) is 3.93. The van der Waals surface area contributed by atoms with Gasteiger partial charge in [0.2, 0.25) is 5.78 Å². The van der Waals surface area contributed by atoms with Crippen molar-refractivity contribution in [1.29, 1.82) is 0 Å². The quantitative estimate of drug-likeness (QED) is 0.572. The van der Waals surface area contributed by atoms with Crippen molar-refractivity contribution in [3.05, 3.63) is 44.2 Å². The molecule has 0 fully saturated rings. The second-order valence-corrected chi connectivity index (χ2v) is 6.15. The van der Waals surface area contributed by atoms with Crippen molar-refractivity contribution in [1.82, 2.24) is 9.78 Å². The maximum atomic E-state index is 12.8. The summed E-state index contributed by atoms with van der Waals surface area (Å²) in [6.07, 6.45) is 1.56. The summed E-state index contributed by atoms with van der Waals surface area (Å²) in [5, 5.41) is 4.75. The third-order valence-electron chi connectivity index (χ3n) is 2.86. The number of rotatable bonds is 4. The van der Waals surface area contributed by atoms with Crippen molar-refractivity contribution in [3.63, 3.8) is 0 Å². The maximum absolute atomic E-state index is 12.8. The number of benzene rings is 1. The van der Waals surface area contributed by atoms with E-state index >= 15 is 0 Å². The molecule has 20 heavy (non-hydrogen) atoms. The van der Waals surface area contributed by atoms with Crippen LogP contribution in [0.15, 0.2) is 24.4 Å². The van der Waals surface area contributed by atoms with Crippen LogP contribution in [-0.2, 0) is 0 Å². The van der Waals surface area contributed by atoms with Crippen molar-refractivity contribution < 1.29 is 9.53 Å². The fourth-order valence-corrected chi connectivity index (χ4v) is 2.65. The van der Waals surface area contributed by atoms with Crippen LogP contribution in [0.25, 0.3) is 0 Å². The SMILES string of the molecule is COc1cnn(C(C)C)c1C(=O)c1cc(Cl)ccc1I. The van der Waals surface area contributed by atoms with E-state index in [1.54, 1.807) is 23.0 Å². The minimum absolute atomic E-state index is 0.0645. The standard InChI is InChI=1S/C14H14ClIN2O2/c1-8(2)18-13(12(20-3)7-17-18)14(19)10-6-9(15)4-5-11(10)16/h4-8H,1-3H3. The number of nitrogens with zero attached hydrogens (tertiary/aromatic N) is 2. The molecule has 1 aromatic carbocycles. The number of aromatic nitrogens is 2. The van der Waals surface area contributed by atoms with Crippen LogP contribution in [0, 0.1) is 3.57 Å². The zero-order valence-corrected chi connectivity index (χ0v) is 14.3. The van der Waals surface area contributed by atoms with Crippen LogP contribution in [0.5, 0.6) is 5.75 Å². The molecule has 1 aromatic heterocycles. The molecule has 4 nitrogen and oxygen atoms in total. The van der Waals surface area contributed by atoms with Gasteiger partial charge in [0.05, 0.1) is 13.3 Å². The Morgan fingerprint density at radius 3 is 2.75 bits per heavy atom. The zero-order chi connectivity index (χ0) is 14.9. The van der Waals surface area contributed by atoms with Gasteiger partial charge in [-0.3, -0.25) is 9.48 Å². The Morgan fingerprint density at radius 1 is 1.45 bits per heavy atom. The molecule has 0 N–H and O–H groups in total. The molecule has 2 rings (SSSR count). The van der Waals surface area contributed by atoms with Gasteiger partial charge in [0.25, 0.3) is 0 Å². The Balaban J connectivity index is 2.58. The Morgan fingerprint density at radius 2 is 2.15 bits per heavy atom. The number of ketones is 1. The molecule has 0 unspecified atom stereocenters. The van der Waals surface area contributed by atoms with Crippen LogP contribution >= 0.6 is 34.2 Å². The molecule has 0 saturated carbocycles. The van der Waals surface area contributed by atoms with Crippen LogP contribution in [0.1, 0.15) is 35.9 Å². The molecule has 0 saturated heterocycles. The molecular formula is C14H14ClIN2O2. The highest BCUT2D eigenvalue weighted by Crippen LogP contribution is 2.27. The van der Waals surface area contributed by atoms with Crippen LogP contribution in [0.2, 0.25) is 5.02 Å². The normalized spacial score (nSPS) is 10.9. The summed E-state index contributed by atoms with van der Waals surface area (Å²) in [5.74, 6) is 0.333. The Labute approximate surface area is 136 Å².